The molecule has 108 valence electrons. The number of halogens is 1. The van der Waals surface area contributed by atoms with E-state index in [4.69, 9.17) is 0 Å². The molecule has 1 aromatic carbocycles. The highest BCUT2D eigenvalue weighted by Crippen LogP contribution is 2.29. The topological polar surface area (TPSA) is 12.0 Å². The molecule has 1 N–H and O–H groups in total. The Morgan fingerprint density at radius 3 is 2.21 bits per heavy atom. The lowest BCUT2D eigenvalue weighted by Gasteiger charge is -2.36. The highest BCUT2D eigenvalue weighted by Gasteiger charge is 2.27. The molecule has 0 spiro atoms. The molecule has 1 atom stereocenters. The molecule has 2 heteroatoms. The number of aryl methyl sites for hydroxylation is 1. The summed E-state index contributed by atoms with van der Waals surface area (Å²) in [5.41, 5.74) is 2.00. The van der Waals surface area contributed by atoms with Crippen LogP contribution in [0.15, 0.2) is 18.2 Å². The minimum atomic E-state index is -0.125. The normalized spacial score (nSPS) is 14.5. The van der Waals surface area contributed by atoms with Gasteiger partial charge < -0.3 is 5.32 Å². The van der Waals surface area contributed by atoms with Gasteiger partial charge in [0.25, 0.3) is 0 Å². The maximum Gasteiger partial charge on any atom is 0.126 e. The summed E-state index contributed by atoms with van der Waals surface area (Å²) in [6.45, 7) is 15.0. The predicted octanol–water partition coefficient (Wildman–Crippen LogP) is 5.00. The Bertz CT molecular complexity index is 429. The van der Waals surface area contributed by atoms with Crippen molar-refractivity contribution >= 4 is 0 Å². The van der Waals surface area contributed by atoms with Crippen molar-refractivity contribution in [2.75, 3.05) is 0 Å². The number of nitrogens with one attached hydrogen (secondary N) is 1. The summed E-state index contributed by atoms with van der Waals surface area (Å²) in [6, 6.07) is 5.63. The first-order chi connectivity index (χ1) is 8.50. The fourth-order valence-electron chi connectivity index (χ4n) is 2.92. The van der Waals surface area contributed by atoms with Crippen LogP contribution in [0.3, 0.4) is 0 Å². The second kappa shape index (κ2) is 5.62. The second-order valence-corrected chi connectivity index (χ2v) is 7.50. The van der Waals surface area contributed by atoms with Gasteiger partial charge in [0, 0.05) is 11.6 Å². The van der Waals surface area contributed by atoms with E-state index in [9.17, 15) is 4.39 Å². The van der Waals surface area contributed by atoms with Crippen molar-refractivity contribution in [2.45, 2.75) is 66.5 Å². The van der Waals surface area contributed by atoms with Gasteiger partial charge in [0.05, 0.1) is 0 Å². The van der Waals surface area contributed by atoms with Gasteiger partial charge in [-0.25, -0.2) is 4.39 Å². The highest BCUT2D eigenvalue weighted by molar-refractivity contribution is 5.25. The first kappa shape index (κ1) is 16.2. The molecule has 0 radical (unpaired) electrons. The zero-order chi connectivity index (χ0) is 14.8. The molecule has 0 saturated heterocycles. The van der Waals surface area contributed by atoms with Gasteiger partial charge in [0.2, 0.25) is 0 Å². The van der Waals surface area contributed by atoms with E-state index >= 15 is 0 Å². The molecule has 0 aliphatic heterocycles. The van der Waals surface area contributed by atoms with Crippen molar-refractivity contribution in [1.82, 2.24) is 5.32 Å². The summed E-state index contributed by atoms with van der Waals surface area (Å²) >= 11 is 0. The third-order valence-corrected chi connectivity index (χ3v) is 3.28. The molecule has 0 amide bonds. The van der Waals surface area contributed by atoms with Crippen molar-refractivity contribution in [2.24, 2.45) is 5.41 Å². The zero-order valence-electron chi connectivity index (χ0n) is 13.4. The highest BCUT2D eigenvalue weighted by atomic mass is 19.1. The quantitative estimate of drug-likeness (QED) is 0.808. The van der Waals surface area contributed by atoms with E-state index in [1.807, 2.05) is 12.1 Å². The fourth-order valence-corrected chi connectivity index (χ4v) is 2.92. The van der Waals surface area contributed by atoms with Crippen LogP contribution in [0.5, 0.6) is 0 Å². The van der Waals surface area contributed by atoms with Gasteiger partial charge in [-0.3, -0.25) is 0 Å². The van der Waals surface area contributed by atoms with Crippen LogP contribution in [-0.4, -0.2) is 5.54 Å². The van der Waals surface area contributed by atoms with Crippen LogP contribution in [-0.2, 0) is 0 Å². The monoisotopic (exact) mass is 265 g/mol. The van der Waals surface area contributed by atoms with Crippen LogP contribution < -0.4 is 5.32 Å². The van der Waals surface area contributed by atoms with E-state index < -0.39 is 0 Å². The van der Waals surface area contributed by atoms with Gasteiger partial charge in [0.1, 0.15) is 5.82 Å². The lowest BCUT2D eigenvalue weighted by Crippen LogP contribution is -2.43. The fraction of sp³-hybridized carbons (Fsp3) is 0.647. The van der Waals surface area contributed by atoms with Gasteiger partial charge in [-0.1, -0.05) is 32.9 Å². The number of benzene rings is 1. The van der Waals surface area contributed by atoms with Crippen molar-refractivity contribution in [3.63, 3.8) is 0 Å². The summed E-state index contributed by atoms with van der Waals surface area (Å²) in [4.78, 5) is 0. The maximum atomic E-state index is 13.6. The maximum absolute atomic E-state index is 13.6. The van der Waals surface area contributed by atoms with Gasteiger partial charge in [0.15, 0.2) is 0 Å². The smallest absolute Gasteiger partial charge is 0.126 e. The molecule has 0 saturated carbocycles. The molecular weight excluding hydrogens is 237 g/mol. The average Bonchev–Trinajstić information content (AvgIpc) is 2.17. The van der Waals surface area contributed by atoms with Crippen molar-refractivity contribution in [3.8, 4) is 0 Å². The molecule has 1 aromatic rings. The second-order valence-electron chi connectivity index (χ2n) is 7.50. The Labute approximate surface area is 117 Å². The zero-order valence-corrected chi connectivity index (χ0v) is 13.4. The predicted molar refractivity (Wildman–Crippen MR) is 80.8 cm³/mol. The van der Waals surface area contributed by atoms with Gasteiger partial charge in [-0.2, -0.15) is 0 Å². The van der Waals surface area contributed by atoms with E-state index in [1.165, 1.54) is 0 Å². The molecule has 1 unspecified atom stereocenters. The van der Waals surface area contributed by atoms with Gasteiger partial charge >= 0.3 is 0 Å². The Balaban J connectivity index is 2.78. The standard InChI is InChI=1S/C17H28FN/c1-12-8-9-14(10-15(12)18)13(2)19-17(6,7)11-16(3,4)5/h8-10,13,19H,11H2,1-7H3. The molecule has 0 aromatic heterocycles. The van der Waals surface area contributed by atoms with E-state index in [1.54, 1.807) is 13.0 Å². The van der Waals surface area contributed by atoms with Crippen molar-refractivity contribution in [3.05, 3.63) is 35.1 Å². The summed E-state index contributed by atoms with van der Waals surface area (Å²) in [7, 11) is 0. The molecule has 0 aliphatic carbocycles. The number of hydrogen-bond acceptors (Lipinski definition) is 1. The minimum absolute atomic E-state index is 0.0268. The Hall–Kier alpha value is -0.890. The number of rotatable bonds is 4. The van der Waals surface area contributed by atoms with Crippen LogP contribution in [0, 0.1) is 18.2 Å². The largest absolute Gasteiger partial charge is 0.305 e. The van der Waals surface area contributed by atoms with E-state index in [0.29, 0.717) is 5.56 Å². The molecule has 0 fully saturated rings. The molecule has 19 heavy (non-hydrogen) atoms. The van der Waals surface area contributed by atoms with Crippen LogP contribution in [0.4, 0.5) is 4.39 Å². The van der Waals surface area contributed by atoms with E-state index in [-0.39, 0.29) is 22.8 Å². The van der Waals surface area contributed by atoms with Crippen molar-refractivity contribution in [1.29, 1.82) is 0 Å². The Morgan fingerprint density at radius 2 is 1.74 bits per heavy atom. The molecule has 1 rings (SSSR count). The van der Waals surface area contributed by atoms with E-state index in [2.05, 4.69) is 46.9 Å². The SMILES string of the molecule is Cc1ccc(C(C)NC(C)(C)CC(C)(C)C)cc1F. The molecule has 0 bridgehead atoms. The van der Waals surface area contributed by atoms with Gasteiger partial charge in [-0.05, 0) is 56.7 Å². The lowest BCUT2D eigenvalue weighted by atomic mass is 9.81. The van der Waals surface area contributed by atoms with Crippen LogP contribution >= 0.6 is 0 Å². The van der Waals surface area contributed by atoms with Crippen molar-refractivity contribution < 1.29 is 4.39 Å². The number of hydrogen-bond donors (Lipinski definition) is 1. The third-order valence-electron chi connectivity index (χ3n) is 3.28. The third kappa shape index (κ3) is 5.32. The summed E-state index contributed by atoms with van der Waals surface area (Å²) < 4.78 is 13.6. The summed E-state index contributed by atoms with van der Waals surface area (Å²) in [5.74, 6) is -0.125. The Kier molecular flexibility index (Phi) is 4.78. The first-order valence-electron chi connectivity index (χ1n) is 7.04. The molecule has 1 nitrogen and oxygen atoms in total. The van der Waals surface area contributed by atoms with E-state index in [0.717, 1.165) is 12.0 Å². The first-order valence-corrected chi connectivity index (χ1v) is 7.04. The summed E-state index contributed by atoms with van der Waals surface area (Å²) in [5, 5.41) is 3.61. The molecule has 0 heterocycles. The molecular formula is C17H28FN. The van der Waals surface area contributed by atoms with Gasteiger partial charge in [-0.15, -0.1) is 0 Å². The molecule has 0 aliphatic rings. The van der Waals surface area contributed by atoms with Crippen LogP contribution in [0.1, 0.15) is 65.1 Å². The van der Waals surface area contributed by atoms with Crippen LogP contribution in [0.2, 0.25) is 0 Å². The average molecular weight is 265 g/mol. The van der Waals surface area contributed by atoms with Crippen LogP contribution in [0.25, 0.3) is 0 Å². The Morgan fingerprint density at radius 1 is 1.16 bits per heavy atom. The lowest BCUT2D eigenvalue weighted by molar-refractivity contribution is 0.226. The minimum Gasteiger partial charge on any atom is -0.305 e. The summed E-state index contributed by atoms with van der Waals surface area (Å²) in [6.07, 6.45) is 1.07.